The SMILES string of the molecule is CSCCN(CCSC)Cc1cccc(NC(C)(C)C)n1. The van der Waals surface area contributed by atoms with Crippen LogP contribution in [0.5, 0.6) is 0 Å². The zero-order valence-electron chi connectivity index (χ0n) is 14.0. The molecule has 0 radical (unpaired) electrons. The summed E-state index contributed by atoms with van der Waals surface area (Å²) in [6, 6.07) is 6.26. The monoisotopic (exact) mass is 327 g/mol. The molecular formula is C16H29N3S2. The van der Waals surface area contributed by atoms with Gasteiger partial charge in [-0.05, 0) is 45.4 Å². The van der Waals surface area contributed by atoms with Gasteiger partial charge in [-0.1, -0.05) is 6.07 Å². The minimum Gasteiger partial charge on any atom is -0.365 e. The van der Waals surface area contributed by atoms with Crippen LogP contribution in [0.25, 0.3) is 0 Å². The molecule has 1 aromatic rings. The second kappa shape index (κ2) is 9.59. The van der Waals surface area contributed by atoms with Crippen LogP contribution in [-0.2, 0) is 6.54 Å². The third-order valence-electron chi connectivity index (χ3n) is 2.92. The molecule has 0 saturated heterocycles. The zero-order valence-corrected chi connectivity index (χ0v) is 15.6. The third-order valence-corrected chi connectivity index (χ3v) is 4.10. The van der Waals surface area contributed by atoms with Crippen LogP contribution in [0.1, 0.15) is 26.5 Å². The average molecular weight is 328 g/mol. The van der Waals surface area contributed by atoms with Gasteiger partial charge in [0.15, 0.2) is 0 Å². The maximum atomic E-state index is 4.75. The summed E-state index contributed by atoms with van der Waals surface area (Å²) in [7, 11) is 0. The summed E-state index contributed by atoms with van der Waals surface area (Å²) >= 11 is 3.81. The lowest BCUT2D eigenvalue weighted by Gasteiger charge is -2.23. The van der Waals surface area contributed by atoms with E-state index >= 15 is 0 Å². The first-order valence-corrected chi connectivity index (χ1v) is 10.2. The molecule has 5 heteroatoms. The molecule has 1 heterocycles. The molecule has 0 aliphatic heterocycles. The molecule has 0 saturated carbocycles. The lowest BCUT2D eigenvalue weighted by Crippen LogP contribution is -2.29. The van der Waals surface area contributed by atoms with E-state index in [4.69, 9.17) is 4.98 Å². The van der Waals surface area contributed by atoms with Crippen molar-refractivity contribution in [1.82, 2.24) is 9.88 Å². The van der Waals surface area contributed by atoms with Crippen LogP contribution >= 0.6 is 23.5 Å². The van der Waals surface area contributed by atoms with Gasteiger partial charge < -0.3 is 5.32 Å². The largest absolute Gasteiger partial charge is 0.365 e. The Balaban J connectivity index is 2.66. The van der Waals surface area contributed by atoms with Crippen LogP contribution < -0.4 is 5.32 Å². The van der Waals surface area contributed by atoms with E-state index in [0.717, 1.165) is 31.1 Å². The predicted octanol–water partition coefficient (Wildman–Crippen LogP) is 3.82. The highest BCUT2D eigenvalue weighted by molar-refractivity contribution is 7.98. The number of aromatic nitrogens is 1. The van der Waals surface area contributed by atoms with E-state index in [9.17, 15) is 0 Å². The molecule has 0 spiro atoms. The van der Waals surface area contributed by atoms with Crippen LogP contribution in [0, 0.1) is 0 Å². The molecule has 3 nitrogen and oxygen atoms in total. The number of pyridine rings is 1. The maximum Gasteiger partial charge on any atom is 0.126 e. The first-order chi connectivity index (χ1) is 9.94. The molecule has 1 N–H and O–H groups in total. The van der Waals surface area contributed by atoms with E-state index in [1.807, 2.05) is 29.6 Å². The number of nitrogens with zero attached hydrogens (tertiary/aromatic N) is 2. The van der Waals surface area contributed by atoms with Gasteiger partial charge in [-0.3, -0.25) is 4.90 Å². The van der Waals surface area contributed by atoms with Crippen molar-refractivity contribution >= 4 is 29.3 Å². The lowest BCUT2D eigenvalue weighted by molar-refractivity contribution is 0.297. The Morgan fingerprint density at radius 2 is 1.71 bits per heavy atom. The van der Waals surface area contributed by atoms with Crippen molar-refractivity contribution in [2.45, 2.75) is 32.9 Å². The molecule has 0 bridgehead atoms. The summed E-state index contributed by atoms with van der Waals surface area (Å²) < 4.78 is 0. The molecule has 0 amide bonds. The quantitative estimate of drug-likeness (QED) is 0.744. The summed E-state index contributed by atoms with van der Waals surface area (Å²) in [4.78, 5) is 7.24. The van der Waals surface area contributed by atoms with Gasteiger partial charge in [0.05, 0.1) is 5.69 Å². The van der Waals surface area contributed by atoms with Crippen LogP contribution in [0.3, 0.4) is 0 Å². The van der Waals surface area contributed by atoms with Crippen molar-refractivity contribution in [3.63, 3.8) is 0 Å². The first kappa shape index (κ1) is 18.7. The maximum absolute atomic E-state index is 4.75. The fraction of sp³-hybridized carbons (Fsp3) is 0.688. The summed E-state index contributed by atoms with van der Waals surface area (Å²) in [5.41, 5.74) is 1.19. The minimum atomic E-state index is 0.0447. The Kier molecular flexibility index (Phi) is 8.52. The van der Waals surface area contributed by atoms with E-state index in [1.165, 1.54) is 11.5 Å². The van der Waals surface area contributed by atoms with Crippen molar-refractivity contribution in [2.24, 2.45) is 0 Å². The molecule has 21 heavy (non-hydrogen) atoms. The standard InChI is InChI=1S/C16H29N3S2/c1-16(2,3)18-15-8-6-7-14(17-15)13-19(9-11-20-4)10-12-21-5/h6-8H,9-13H2,1-5H3,(H,17,18). The highest BCUT2D eigenvalue weighted by atomic mass is 32.2. The van der Waals surface area contributed by atoms with Crippen LogP contribution in [0.4, 0.5) is 5.82 Å². The molecule has 0 aromatic carbocycles. The predicted molar refractivity (Wildman–Crippen MR) is 99.7 cm³/mol. The fourth-order valence-corrected chi connectivity index (χ4v) is 2.84. The van der Waals surface area contributed by atoms with Gasteiger partial charge >= 0.3 is 0 Å². The van der Waals surface area contributed by atoms with Crippen LogP contribution in [-0.4, -0.2) is 52.5 Å². The van der Waals surface area contributed by atoms with Crippen molar-refractivity contribution in [1.29, 1.82) is 0 Å². The van der Waals surface area contributed by atoms with E-state index in [2.05, 4.69) is 55.6 Å². The van der Waals surface area contributed by atoms with Gasteiger partial charge in [0.25, 0.3) is 0 Å². The number of hydrogen-bond donors (Lipinski definition) is 1. The molecule has 0 aliphatic carbocycles. The van der Waals surface area contributed by atoms with Gasteiger partial charge in [0.2, 0.25) is 0 Å². The van der Waals surface area contributed by atoms with Gasteiger partial charge in [-0.25, -0.2) is 4.98 Å². The van der Waals surface area contributed by atoms with E-state index in [-0.39, 0.29) is 5.54 Å². The molecule has 0 unspecified atom stereocenters. The van der Waals surface area contributed by atoms with Crippen LogP contribution in [0.2, 0.25) is 0 Å². The van der Waals surface area contributed by atoms with E-state index in [1.54, 1.807) is 0 Å². The fourth-order valence-electron chi connectivity index (χ4n) is 1.96. The number of hydrogen-bond acceptors (Lipinski definition) is 5. The van der Waals surface area contributed by atoms with Crippen molar-refractivity contribution in [2.75, 3.05) is 42.4 Å². The number of nitrogens with one attached hydrogen (secondary N) is 1. The minimum absolute atomic E-state index is 0.0447. The van der Waals surface area contributed by atoms with Gasteiger partial charge in [0.1, 0.15) is 5.82 Å². The average Bonchev–Trinajstić information content (AvgIpc) is 2.40. The molecule has 0 atom stereocenters. The molecule has 0 aliphatic rings. The van der Waals surface area contributed by atoms with Crippen molar-refractivity contribution < 1.29 is 0 Å². The summed E-state index contributed by atoms with van der Waals surface area (Å²) in [6.45, 7) is 9.65. The highest BCUT2D eigenvalue weighted by Gasteiger charge is 2.11. The second-order valence-corrected chi connectivity index (χ2v) is 8.12. The summed E-state index contributed by atoms with van der Waals surface area (Å²) in [5, 5.41) is 3.44. The van der Waals surface area contributed by atoms with E-state index < -0.39 is 0 Å². The Hall–Kier alpha value is -0.390. The Bertz CT molecular complexity index is 397. The molecule has 1 aromatic heterocycles. The van der Waals surface area contributed by atoms with Gasteiger partial charge in [-0.2, -0.15) is 23.5 Å². The molecule has 1 rings (SSSR count). The Morgan fingerprint density at radius 3 is 2.24 bits per heavy atom. The lowest BCUT2D eigenvalue weighted by atomic mass is 10.1. The van der Waals surface area contributed by atoms with Gasteiger partial charge in [-0.15, -0.1) is 0 Å². The number of thioether (sulfide) groups is 2. The zero-order chi connectivity index (χ0) is 15.7. The van der Waals surface area contributed by atoms with Crippen molar-refractivity contribution in [3.05, 3.63) is 23.9 Å². The molecule has 120 valence electrons. The summed E-state index contributed by atoms with van der Waals surface area (Å²) in [6.07, 6.45) is 4.33. The van der Waals surface area contributed by atoms with E-state index in [0.29, 0.717) is 0 Å². The Labute approximate surface area is 138 Å². The summed E-state index contributed by atoms with van der Waals surface area (Å²) in [5.74, 6) is 3.32. The van der Waals surface area contributed by atoms with Crippen LogP contribution in [0.15, 0.2) is 18.2 Å². The Morgan fingerprint density at radius 1 is 1.10 bits per heavy atom. The second-order valence-electron chi connectivity index (χ2n) is 6.15. The topological polar surface area (TPSA) is 28.2 Å². The third kappa shape index (κ3) is 8.59. The first-order valence-electron chi connectivity index (χ1n) is 7.39. The smallest absolute Gasteiger partial charge is 0.126 e. The number of anilines is 1. The normalized spacial score (nSPS) is 11.9. The van der Waals surface area contributed by atoms with Crippen molar-refractivity contribution in [3.8, 4) is 0 Å². The number of rotatable bonds is 9. The molecule has 0 fully saturated rings. The molecular weight excluding hydrogens is 298 g/mol. The highest BCUT2D eigenvalue weighted by Crippen LogP contribution is 2.13. The van der Waals surface area contributed by atoms with Gasteiger partial charge in [0, 0.05) is 36.7 Å².